The van der Waals surface area contributed by atoms with E-state index in [1.165, 1.54) is 24.1 Å². The fraction of sp³-hybridized carbons (Fsp3) is 0.208. The van der Waals surface area contributed by atoms with Crippen molar-refractivity contribution in [3.63, 3.8) is 0 Å². The van der Waals surface area contributed by atoms with Gasteiger partial charge < -0.3 is 15.4 Å². The van der Waals surface area contributed by atoms with Crippen LogP contribution in [0.2, 0.25) is 5.02 Å². The SMILES string of the molecule is COc1ccc(Cl)c(N(CCc2ccc(C(F)(F)F)cc2)C(=O)C(N)c2ccccc2)c1. The predicted molar refractivity (Wildman–Crippen MR) is 119 cm³/mol. The van der Waals surface area contributed by atoms with E-state index in [-0.39, 0.29) is 6.54 Å². The van der Waals surface area contributed by atoms with E-state index in [4.69, 9.17) is 22.1 Å². The molecule has 0 fully saturated rings. The van der Waals surface area contributed by atoms with Crippen molar-refractivity contribution in [3.05, 3.63) is 94.5 Å². The minimum absolute atomic E-state index is 0.164. The van der Waals surface area contributed by atoms with E-state index >= 15 is 0 Å². The fourth-order valence-electron chi connectivity index (χ4n) is 3.25. The Balaban J connectivity index is 1.89. The molecule has 0 saturated carbocycles. The molecule has 4 nitrogen and oxygen atoms in total. The van der Waals surface area contributed by atoms with Crippen molar-refractivity contribution in [2.75, 3.05) is 18.6 Å². The van der Waals surface area contributed by atoms with Gasteiger partial charge in [0.15, 0.2) is 0 Å². The summed E-state index contributed by atoms with van der Waals surface area (Å²) in [4.78, 5) is 14.8. The van der Waals surface area contributed by atoms with Crippen LogP contribution in [0.5, 0.6) is 5.75 Å². The van der Waals surface area contributed by atoms with Crippen molar-refractivity contribution >= 4 is 23.2 Å². The molecule has 1 atom stereocenters. The van der Waals surface area contributed by atoms with Gasteiger partial charge in [-0.25, -0.2) is 0 Å². The van der Waals surface area contributed by atoms with Gasteiger partial charge in [-0.3, -0.25) is 4.79 Å². The topological polar surface area (TPSA) is 55.6 Å². The van der Waals surface area contributed by atoms with Gasteiger partial charge in [-0.2, -0.15) is 13.2 Å². The van der Waals surface area contributed by atoms with Gasteiger partial charge in [0.2, 0.25) is 5.91 Å². The van der Waals surface area contributed by atoms with Gasteiger partial charge in [-0.15, -0.1) is 0 Å². The molecule has 0 aliphatic heterocycles. The van der Waals surface area contributed by atoms with E-state index in [9.17, 15) is 18.0 Å². The van der Waals surface area contributed by atoms with Gasteiger partial charge in [0.1, 0.15) is 11.8 Å². The van der Waals surface area contributed by atoms with Crippen LogP contribution >= 0.6 is 11.6 Å². The van der Waals surface area contributed by atoms with Crippen LogP contribution in [0.25, 0.3) is 0 Å². The molecular weight excluding hydrogens is 441 g/mol. The summed E-state index contributed by atoms with van der Waals surface area (Å²) >= 11 is 6.38. The summed E-state index contributed by atoms with van der Waals surface area (Å²) in [5, 5.41) is 0.326. The largest absolute Gasteiger partial charge is 0.497 e. The van der Waals surface area contributed by atoms with E-state index in [0.29, 0.717) is 34.0 Å². The number of hydrogen-bond acceptors (Lipinski definition) is 3. The third kappa shape index (κ3) is 5.60. The van der Waals surface area contributed by atoms with Gasteiger partial charge in [-0.05, 0) is 41.8 Å². The second-order valence-corrected chi connectivity index (χ2v) is 7.55. The maximum atomic E-state index is 13.4. The lowest BCUT2D eigenvalue weighted by Crippen LogP contribution is -2.40. The molecule has 32 heavy (non-hydrogen) atoms. The molecule has 0 spiro atoms. The summed E-state index contributed by atoms with van der Waals surface area (Å²) in [5.41, 5.74) is 7.21. The molecule has 8 heteroatoms. The van der Waals surface area contributed by atoms with E-state index in [1.807, 2.05) is 6.07 Å². The lowest BCUT2D eigenvalue weighted by Gasteiger charge is -2.27. The molecule has 168 valence electrons. The third-order valence-corrected chi connectivity index (χ3v) is 5.36. The van der Waals surface area contributed by atoms with E-state index in [2.05, 4.69) is 0 Å². The first-order valence-electron chi connectivity index (χ1n) is 9.82. The van der Waals surface area contributed by atoms with Gasteiger partial charge in [-0.1, -0.05) is 54.1 Å². The molecule has 3 aromatic carbocycles. The molecule has 1 amide bonds. The van der Waals surface area contributed by atoms with Crippen LogP contribution in [-0.2, 0) is 17.4 Å². The minimum Gasteiger partial charge on any atom is -0.497 e. The monoisotopic (exact) mass is 462 g/mol. The number of carbonyl (C=O) groups is 1. The molecule has 1 unspecified atom stereocenters. The highest BCUT2D eigenvalue weighted by molar-refractivity contribution is 6.34. The van der Waals surface area contributed by atoms with Gasteiger partial charge in [0, 0.05) is 12.6 Å². The van der Waals surface area contributed by atoms with Crippen LogP contribution in [0.4, 0.5) is 18.9 Å². The number of halogens is 4. The summed E-state index contributed by atoms with van der Waals surface area (Å²) < 4.78 is 43.8. The number of nitrogens with two attached hydrogens (primary N) is 1. The van der Waals surface area contributed by atoms with Crippen LogP contribution in [-0.4, -0.2) is 19.6 Å². The van der Waals surface area contributed by atoms with E-state index in [0.717, 1.165) is 12.1 Å². The first kappa shape index (κ1) is 23.6. The zero-order valence-electron chi connectivity index (χ0n) is 17.3. The molecule has 3 rings (SSSR count). The van der Waals surface area contributed by atoms with Gasteiger partial charge in [0.05, 0.1) is 23.4 Å². The van der Waals surface area contributed by atoms with Crippen molar-refractivity contribution in [3.8, 4) is 5.75 Å². The lowest BCUT2D eigenvalue weighted by molar-refractivity contribution is -0.137. The Morgan fingerprint density at radius 2 is 1.72 bits per heavy atom. The molecule has 0 radical (unpaired) electrons. The summed E-state index contributed by atoms with van der Waals surface area (Å²) in [6.45, 7) is 0.164. The highest BCUT2D eigenvalue weighted by Gasteiger charge is 2.30. The summed E-state index contributed by atoms with van der Waals surface area (Å²) in [5.74, 6) is 0.114. The maximum absolute atomic E-state index is 13.4. The van der Waals surface area contributed by atoms with Crippen molar-refractivity contribution < 1.29 is 22.7 Å². The molecular formula is C24H22ClF3N2O2. The normalized spacial score (nSPS) is 12.3. The van der Waals surface area contributed by atoms with E-state index in [1.54, 1.807) is 42.5 Å². The van der Waals surface area contributed by atoms with Crippen LogP contribution in [0.1, 0.15) is 22.7 Å². The number of hydrogen-bond donors (Lipinski definition) is 1. The number of benzene rings is 3. The number of rotatable bonds is 7. The first-order valence-corrected chi connectivity index (χ1v) is 10.2. The molecule has 0 bridgehead atoms. The second-order valence-electron chi connectivity index (χ2n) is 7.14. The summed E-state index contributed by atoms with van der Waals surface area (Å²) in [6.07, 6.45) is -4.10. The molecule has 2 N–H and O–H groups in total. The Labute approximate surface area is 189 Å². The zero-order valence-corrected chi connectivity index (χ0v) is 18.0. The van der Waals surface area contributed by atoms with Crippen molar-refractivity contribution in [2.45, 2.75) is 18.6 Å². The Hall–Kier alpha value is -3.03. The Morgan fingerprint density at radius 3 is 2.31 bits per heavy atom. The van der Waals surface area contributed by atoms with Crippen LogP contribution < -0.4 is 15.4 Å². The summed E-state index contributed by atoms with van der Waals surface area (Å²) in [7, 11) is 1.50. The fourth-order valence-corrected chi connectivity index (χ4v) is 3.47. The minimum atomic E-state index is -4.41. The van der Waals surface area contributed by atoms with Crippen molar-refractivity contribution in [2.24, 2.45) is 5.73 Å². The Bertz CT molecular complexity index is 1060. The van der Waals surface area contributed by atoms with Gasteiger partial charge in [0.25, 0.3) is 0 Å². The molecule has 0 aliphatic rings. The number of alkyl halides is 3. The van der Waals surface area contributed by atoms with Crippen molar-refractivity contribution in [1.82, 2.24) is 0 Å². The molecule has 0 aliphatic carbocycles. The van der Waals surface area contributed by atoms with Crippen LogP contribution in [0.15, 0.2) is 72.8 Å². The molecule has 0 heterocycles. The molecule has 0 aromatic heterocycles. The predicted octanol–water partition coefficient (Wildman–Crippen LogP) is 5.64. The van der Waals surface area contributed by atoms with Crippen LogP contribution in [0.3, 0.4) is 0 Å². The number of anilines is 1. The molecule has 3 aromatic rings. The number of ether oxygens (including phenoxy) is 1. The smallest absolute Gasteiger partial charge is 0.416 e. The van der Waals surface area contributed by atoms with E-state index < -0.39 is 23.7 Å². The average Bonchev–Trinajstić information content (AvgIpc) is 2.80. The lowest BCUT2D eigenvalue weighted by atomic mass is 10.0. The Kier molecular flexibility index (Phi) is 7.43. The zero-order chi connectivity index (χ0) is 23.3. The highest BCUT2D eigenvalue weighted by atomic mass is 35.5. The highest BCUT2D eigenvalue weighted by Crippen LogP contribution is 2.32. The Morgan fingerprint density at radius 1 is 1.06 bits per heavy atom. The van der Waals surface area contributed by atoms with Crippen LogP contribution in [0, 0.1) is 0 Å². The standard InChI is InChI=1S/C24H22ClF3N2O2/c1-32-19-11-12-20(25)21(15-19)30(23(31)22(29)17-5-3-2-4-6-17)14-13-16-7-9-18(10-8-16)24(26,27)28/h2-12,15,22H,13-14,29H2,1H3. The number of nitrogens with zero attached hydrogens (tertiary/aromatic N) is 1. The quantitative estimate of drug-likeness (QED) is 0.494. The second kappa shape index (κ2) is 10.1. The molecule has 0 saturated heterocycles. The maximum Gasteiger partial charge on any atom is 0.416 e. The first-order chi connectivity index (χ1) is 15.2. The summed E-state index contributed by atoms with van der Waals surface area (Å²) in [6, 6.07) is 17.7. The number of amides is 1. The van der Waals surface area contributed by atoms with Crippen molar-refractivity contribution in [1.29, 1.82) is 0 Å². The van der Waals surface area contributed by atoms with Gasteiger partial charge >= 0.3 is 6.18 Å². The third-order valence-electron chi connectivity index (χ3n) is 5.04. The average molecular weight is 463 g/mol. The number of methoxy groups -OCH3 is 1. The number of carbonyl (C=O) groups excluding carboxylic acids is 1.